The largest absolute Gasteiger partial charge is 0.497 e. The van der Waals surface area contributed by atoms with Crippen LogP contribution in [0.4, 0.5) is 0 Å². The van der Waals surface area contributed by atoms with Crippen molar-refractivity contribution in [3.05, 3.63) is 29.8 Å². The Kier molecular flexibility index (Phi) is 12.5. The van der Waals surface area contributed by atoms with E-state index < -0.39 is 0 Å². The van der Waals surface area contributed by atoms with Gasteiger partial charge in [0.1, 0.15) is 5.75 Å². The Balaban J connectivity index is 0.00000341. The van der Waals surface area contributed by atoms with E-state index in [1.165, 1.54) is 18.4 Å². The molecular formula is C23H39IN4O3. The van der Waals surface area contributed by atoms with Crippen LogP contribution in [-0.4, -0.2) is 76.6 Å². The van der Waals surface area contributed by atoms with Gasteiger partial charge in [0.15, 0.2) is 5.96 Å². The number of aliphatic imine (C=N–C) groups is 1. The minimum Gasteiger partial charge on any atom is -0.497 e. The quantitative estimate of drug-likeness (QED) is 0.192. The van der Waals surface area contributed by atoms with Crippen LogP contribution in [0, 0.1) is 0 Å². The number of methoxy groups -OCH3 is 1. The molecule has 1 aromatic carbocycles. The molecule has 0 saturated carbocycles. The van der Waals surface area contributed by atoms with Gasteiger partial charge in [0, 0.05) is 19.7 Å². The molecule has 2 heterocycles. The van der Waals surface area contributed by atoms with E-state index in [9.17, 15) is 0 Å². The number of benzene rings is 1. The van der Waals surface area contributed by atoms with Gasteiger partial charge in [-0.2, -0.15) is 0 Å². The molecule has 2 aliphatic rings. The first-order chi connectivity index (χ1) is 14.8. The zero-order valence-electron chi connectivity index (χ0n) is 19.0. The number of halogens is 1. The van der Waals surface area contributed by atoms with Crippen LogP contribution in [-0.2, 0) is 9.47 Å². The van der Waals surface area contributed by atoms with E-state index in [0.29, 0.717) is 19.8 Å². The predicted molar refractivity (Wildman–Crippen MR) is 136 cm³/mol. The van der Waals surface area contributed by atoms with E-state index in [4.69, 9.17) is 19.2 Å². The molecular weight excluding hydrogens is 507 g/mol. The van der Waals surface area contributed by atoms with Crippen LogP contribution in [0.15, 0.2) is 29.3 Å². The van der Waals surface area contributed by atoms with Crippen molar-refractivity contribution >= 4 is 29.9 Å². The predicted octanol–water partition coefficient (Wildman–Crippen LogP) is 3.20. The SMILES string of the molecule is CCNC(=NCC(c1cccc(OC)c1)N1CCCC1)NCCOCC1CCCO1.I. The number of hydrogen-bond acceptors (Lipinski definition) is 5. The van der Waals surface area contributed by atoms with Crippen molar-refractivity contribution in [1.82, 2.24) is 15.5 Å². The molecule has 1 aromatic rings. The maximum Gasteiger partial charge on any atom is 0.191 e. The third-order valence-corrected chi connectivity index (χ3v) is 5.69. The summed E-state index contributed by atoms with van der Waals surface area (Å²) in [6.07, 6.45) is 5.04. The molecule has 2 aliphatic heterocycles. The number of hydrogen-bond donors (Lipinski definition) is 2. The van der Waals surface area contributed by atoms with Crippen LogP contribution in [0.5, 0.6) is 5.75 Å². The van der Waals surface area contributed by atoms with Crippen LogP contribution < -0.4 is 15.4 Å². The third kappa shape index (κ3) is 8.75. The van der Waals surface area contributed by atoms with Crippen molar-refractivity contribution in [3.8, 4) is 5.75 Å². The van der Waals surface area contributed by atoms with Crippen molar-refractivity contribution in [1.29, 1.82) is 0 Å². The maximum atomic E-state index is 5.76. The minimum absolute atomic E-state index is 0. The van der Waals surface area contributed by atoms with Gasteiger partial charge in [0.05, 0.1) is 39.0 Å². The van der Waals surface area contributed by atoms with E-state index in [1.54, 1.807) is 7.11 Å². The van der Waals surface area contributed by atoms with Crippen molar-refractivity contribution in [2.24, 2.45) is 4.99 Å². The van der Waals surface area contributed by atoms with E-state index in [-0.39, 0.29) is 36.1 Å². The lowest BCUT2D eigenvalue weighted by Crippen LogP contribution is -2.40. The Morgan fingerprint density at radius 3 is 2.81 bits per heavy atom. The normalized spacial score (nSPS) is 20.3. The second-order valence-corrected chi connectivity index (χ2v) is 7.89. The highest BCUT2D eigenvalue weighted by Gasteiger charge is 2.24. The lowest BCUT2D eigenvalue weighted by molar-refractivity contribution is 0.0191. The monoisotopic (exact) mass is 546 g/mol. The van der Waals surface area contributed by atoms with Crippen LogP contribution in [0.1, 0.15) is 44.2 Å². The summed E-state index contributed by atoms with van der Waals surface area (Å²) in [6.45, 7) is 8.80. The van der Waals surface area contributed by atoms with Crippen LogP contribution >= 0.6 is 24.0 Å². The molecule has 0 aliphatic carbocycles. The Morgan fingerprint density at radius 1 is 1.26 bits per heavy atom. The van der Waals surface area contributed by atoms with Crippen molar-refractivity contribution in [3.63, 3.8) is 0 Å². The molecule has 176 valence electrons. The van der Waals surface area contributed by atoms with Gasteiger partial charge in [-0.15, -0.1) is 24.0 Å². The summed E-state index contributed by atoms with van der Waals surface area (Å²) in [5.74, 6) is 1.74. The van der Waals surface area contributed by atoms with Gasteiger partial charge in [-0.05, 0) is 63.4 Å². The molecule has 0 aromatic heterocycles. The second kappa shape index (κ2) is 14.9. The van der Waals surface area contributed by atoms with E-state index in [1.807, 2.05) is 6.07 Å². The van der Waals surface area contributed by atoms with E-state index in [2.05, 4.69) is 40.7 Å². The Bertz CT molecular complexity index is 649. The van der Waals surface area contributed by atoms with Gasteiger partial charge in [-0.3, -0.25) is 9.89 Å². The van der Waals surface area contributed by atoms with Crippen LogP contribution in [0.2, 0.25) is 0 Å². The molecule has 0 amide bonds. The molecule has 31 heavy (non-hydrogen) atoms. The van der Waals surface area contributed by atoms with Gasteiger partial charge in [0.2, 0.25) is 0 Å². The number of nitrogens with one attached hydrogen (secondary N) is 2. The zero-order valence-corrected chi connectivity index (χ0v) is 21.3. The summed E-state index contributed by atoms with van der Waals surface area (Å²) in [7, 11) is 1.72. The van der Waals surface area contributed by atoms with Crippen LogP contribution in [0.3, 0.4) is 0 Å². The number of likely N-dealkylation sites (tertiary alicyclic amines) is 1. The molecule has 0 bridgehead atoms. The summed E-state index contributed by atoms with van der Waals surface area (Å²) in [5, 5.41) is 6.75. The van der Waals surface area contributed by atoms with Gasteiger partial charge in [-0.25, -0.2) is 0 Å². The summed E-state index contributed by atoms with van der Waals surface area (Å²) >= 11 is 0. The average Bonchev–Trinajstić information content (AvgIpc) is 3.48. The molecule has 0 radical (unpaired) electrons. The second-order valence-electron chi connectivity index (χ2n) is 7.89. The molecule has 7 nitrogen and oxygen atoms in total. The van der Waals surface area contributed by atoms with Gasteiger partial charge in [0.25, 0.3) is 0 Å². The maximum absolute atomic E-state index is 5.76. The first kappa shape index (κ1) is 26.2. The number of guanidine groups is 1. The average molecular weight is 546 g/mol. The fourth-order valence-electron chi connectivity index (χ4n) is 4.09. The summed E-state index contributed by atoms with van der Waals surface area (Å²) in [4.78, 5) is 7.43. The zero-order chi connectivity index (χ0) is 21.0. The van der Waals surface area contributed by atoms with E-state index >= 15 is 0 Å². The van der Waals surface area contributed by atoms with Crippen LogP contribution in [0.25, 0.3) is 0 Å². The Hall–Kier alpha value is -1.10. The molecule has 2 saturated heterocycles. The molecule has 3 rings (SSSR count). The lowest BCUT2D eigenvalue weighted by Gasteiger charge is -2.27. The lowest BCUT2D eigenvalue weighted by atomic mass is 10.1. The summed E-state index contributed by atoms with van der Waals surface area (Å²) in [6, 6.07) is 8.64. The Labute approximate surface area is 204 Å². The first-order valence-electron chi connectivity index (χ1n) is 11.4. The molecule has 2 unspecified atom stereocenters. The fourth-order valence-corrected chi connectivity index (χ4v) is 4.09. The number of rotatable bonds is 11. The highest BCUT2D eigenvalue weighted by Crippen LogP contribution is 2.27. The molecule has 2 atom stereocenters. The van der Waals surface area contributed by atoms with Crippen molar-refractivity contribution in [2.45, 2.75) is 44.8 Å². The van der Waals surface area contributed by atoms with Gasteiger partial charge in [-0.1, -0.05) is 12.1 Å². The Morgan fingerprint density at radius 2 is 2.10 bits per heavy atom. The first-order valence-corrected chi connectivity index (χ1v) is 11.4. The highest BCUT2D eigenvalue weighted by atomic mass is 127. The summed E-state index contributed by atoms with van der Waals surface area (Å²) in [5.41, 5.74) is 1.26. The fraction of sp³-hybridized carbons (Fsp3) is 0.696. The molecule has 0 spiro atoms. The van der Waals surface area contributed by atoms with E-state index in [0.717, 1.165) is 57.3 Å². The summed E-state index contributed by atoms with van der Waals surface area (Å²) < 4.78 is 16.8. The highest BCUT2D eigenvalue weighted by molar-refractivity contribution is 14.0. The van der Waals surface area contributed by atoms with Crippen molar-refractivity contribution < 1.29 is 14.2 Å². The minimum atomic E-state index is 0. The number of nitrogens with zero attached hydrogens (tertiary/aromatic N) is 2. The third-order valence-electron chi connectivity index (χ3n) is 5.69. The standard InChI is InChI=1S/C23H38N4O3.HI/c1-3-24-23(25-11-15-29-18-21-10-7-14-30-21)26-17-22(27-12-4-5-13-27)19-8-6-9-20(16-19)28-2;/h6,8-9,16,21-22H,3-5,7,10-15,17-18H2,1-2H3,(H2,24,25,26);1H. The number of ether oxygens (including phenoxy) is 3. The molecule has 8 heteroatoms. The smallest absolute Gasteiger partial charge is 0.191 e. The topological polar surface area (TPSA) is 67.4 Å². The van der Waals surface area contributed by atoms with Crippen molar-refractivity contribution in [2.75, 3.05) is 59.7 Å². The molecule has 2 N–H and O–H groups in total. The molecule has 2 fully saturated rings. The van der Waals surface area contributed by atoms with Gasteiger partial charge >= 0.3 is 0 Å². The van der Waals surface area contributed by atoms with Gasteiger partial charge < -0.3 is 24.8 Å².